The van der Waals surface area contributed by atoms with E-state index < -0.39 is 21.9 Å². The zero-order chi connectivity index (χ0) is 17.3. The highest BCUT2D eigenvalue weighted by Crippen LogP contribution is 2.28. The molecule has 7 nitrogen and oxygen atoms in total. The SMILES string of the molecule is CNC(=O)C[C@H]1CN(S(=O)(=O)c2cccc(F)c2)Cc2ccnn21. The van der Waals surface area contributed by atoms with Crippen molar-refractivity contribution in [2.75, 3.05) is 13.6 Å². The van der Waals surface area contributed by atoms with E-state index in [1.54, 1.807) is 16.9 Å². The van der Waals surface area contributed by atoms with Crippen molar-refractivity contribution in [3.63, 3.8) is 0 Å². The van der Waals surface area contributed by atoms with Crippen LogP contribution < -0.4 is 5.32 Å². The van der Waals surface area contributed by atoms with Gasteiger partial charge in [0.2, 0.25) is 15.9 Å². The number of hydrogen-bond acceptors (Lipinski definition) is 4. The van der Waals surface area contributed by atoms with Crippen LogP contribution in [0.15, 0.2) is 41.4 Å². The first-order valence-electron chi connectivity index (χ1n) is 7.40. The molecule has 0 saturated heterocycles. The number of rotatable bonds is 4. The van der Waals surface area contributed by atoms with Gasteiger partial charge < -0.3 is 5.32 Å². The molecule has 1 aliphatic heterocycles. The van der Waals surface area contributed by atoms with Crippen molar-refractivity contribution in [2.45, 2.75) is 23.9 Å². The second kappa shape index (κ2) is 6.33. The first-order valence-corrected chi connectivity index (χ1v) is 8.84. The van der Waals surface area contributed by atoms with Gasteiger partial charge in [0.25, 0.3) is 0 Å². The molecule has 1 aromatic carbocycles. The second-order valence-corrected chi connectivity index (χ2v) is 7.49. The topological polar surface area (TPSA) is 84.3 Å². The Hall–Kier alpha value is -2.26. The average molecular weight is 352 g/mol. The van der Waals surface area contributed by atoms with Crippen molar-refractivity contribution >= 4 is 15.9 Å². The number of halogens is 1. The van der Waals surface area contributed by atoms with Gasteiger partial charge in [-0.15, -0.1) is 0 Å². The zero-order valence-corrected chi connectivity index (χ0v) is 13.8. The van der Waals surface area contributed by atoms with Crippen molar-refractivity contribution < 1.29 is 17.6 Å². The summed E-state index contributed by atoms with van der Waals surface area (Å²) in [7, 11) is -2.34. The summed E-state index contributed by atoms with van der Waals surface area (Å²) in [6.45, 7) is 0.226. The minimum Gasteiger partial charge on any atom is -0.359 e. The fourth-order valence-electron chi connectivity index (χ4n) is 2.78. The molecule has 3 rings (SSSR count). The number of hydrogen-bond donors (Lipinski definition) is 1. The van der Waals surface area contributed by atoms with E-state index in [4.69, 9.17) is 0 Å². The number of nitrogens with one attached hydrogen (secondary N) is 1. The van der Waals surface area contributed by atoms with Crippen molar-refractivity contribution in [3.05, 3.63) is 48.0 Å². The molecule has 1 N–H and O–H groups in total. The lowest BCUT2D eigenvalue weighted by Gasteiger charge is -2.32. The molecule has 0 aliphatic carbocycles. The summed E-state index contributed by atoms with van der Waals surface area (Å²) in [5.74, 6) is -0.813. The Morgan fingerprint density at radius 3 is 2.92 bits per heavy atom. The smallest absolute Gasteiger partial charge is 0.243 e. The lowest BCUT2D eigenvalue weighted by molar-refractivity contribution is -0.121. The van der Waals surface area contributed by atoms with Crippen LogP contribution in [0.25, 0.3) is 0 Å². The Labute approximate surface area is 139 Å². The van der Waals surface area contributed by atoms with Gasteiger partial charge in [-0.1, -0.05) is 6.07 Å². The van der Waals surface area contributed by atoms with Gasteiger partial charge in [-0.05, 0) is 24.3 Å². The number of sulfonamides is 1. The maximum absolute atomic E-state index is 13.4. The molecule has 1 amide bonds. The Kier molecular flexibility index (Phi) is 4.37. The molecular weight excluding hydrogens is 335 g/mol. The van der Waals surface area contributed by atoms with E-state index in [2.05, 4.69) is 10.4 Å². The highest BCUT2D eigenvalue weighted by atomic mass is 32.2. The van der Waals surface area contributed by atoms with E-state index >= 15 is 0 Å². The Balaban J connectivity index is 1.94. The van der Waals surface area contributed by atoms with Gasteiger partial charge in [-0.25, -0.2) is 12.8 Å². The summed E-state index contributed by atoms with van der Waals surface area (Å²) >= 11 is 0. The van der Waals surface area contributed by atoms with Gasteiger partial charge in [0.1, 0.15) is 5.82 Å². The third kappa shape index (κ3) is 3.04. The molecule has 128 valence electrons. The predicted octanol–water partition coefficient (Wildman–Crippen LogP) is 0.904. The summed E-state index contributed by atoms with van der Waals surface area (Å²) in [4.78, 5) is 11.6. The molecule has 0 unspecified atom stereocenters. The van der Waals surface area contributed by atoms with Crippen molar-refractivity contribution in [1.29, 1.82) is 0 Å². The van der Waals surface area contributed by atoms with Crippen LogP contribution in [0.1, 0.15) is 18.2 Å². The van der Waals surface area contributed by atoms with Crippen molar-refractivity contribution in [1.82, 2.24) is 19.4 Å². The van der Waals surface area contributed by atoms with E-state index in [9.17, 15) is 17.6 Å². The Morgan fingerprint density at radius 2 is 2.21 bits per heavy atom. The van der Waals surface area contributed by atoms with E-state index in [0.717, 1.165) is 6.07 Å². The lowest BCUT2D eigenvalue weighted by Crippen LogP contribution is -2.42. The van der Waals surface area contributed by atoms with Gasteiger partial charge >= 0.3 is 0 Å². The molecule has 0 fully saturated rings. The standard InChI is InChI=1S/C15H17FN4O3S/c1-17-15(21)8-13-10-19(9-12-5-6-18-20(12)13)24(22,23)14-4-2-3-11(16)7-14/h2-7,13H,8-10H2,1H3,(H,17,21)/t13-/m0/s1. The first-order chi connectivity index (χ1) is 11.4. The maximum Gasteiger partial charge on any atom is 0.243 e. The largest absolute Gasteiger partial charge is 0.359 e. The molecule has 0 spiro atoms. The summed E-state index contributed by atoms with van der Waals surface area (Å²) < 4.78 is 41.9. The van der Waals surface area contributed by atoms with Gasteiger partial charge in [0.05, 0.1) is 29.6 Å². The lowest BCUT2D eigenvalue weighted by atomic mass is 10.1. The summed E-state index contributed by atoms with van der Waals surface area (Å²) in [6.07, 6.45) is 1.69. The third-order valence-corrected chi connectivity index (χ3v) is 5.79. The molecule has 0 bridgehead atoms. The van der Waals surface area contributed by atoms with Crippen LogP contribution in [0, 0.1) is 5.82 Å². The van der Waals surface area contributed by atoms with Crippen LogP contribution in [-0.4, -0.2) is 42.0 Å². The van der Waals surface area contributed by atoms with Gasteiger partial charge in [-0.3, -0.25) is 9.48 Å². The van der Waals surface area contributed by atoms with Crippen LogP contribution in [0.4, 0.5) is 4.39 Å². The number of aromatic nitrogens is 2. The average Bonchev–Trinajstić information content (AvgIpc) is 3.03. The highest BCUT2D eigenvalue weighted by molar-refractivity contribution is 7.89. The van der Waals surface area contributed by atoms with Crippen LogP contribution in [-0.2, 0) is 21.4 Å². The number of amides is 1. The number of fused-ring (bicyclic) bond motifs is 1. The maximum atomic E-state index is 13.4. The van der Waals surface area contributed by atoms with Crippen molar-refractivity contribution in [3.8, 4) is 0 Å². The molecular formula is C15H17FN4O3S. The Bertz CT molecular complexity index is 865. The fourth-order valence-corrected chi connectivity index (χ4v) is 4.26. The number of carbonyl (C=O) groups excluding carboxylic acids is 1. The summed E-state index contributed by atoms with van der Waals surface area (Å²) in [6, 6.07) is 6.21. The molecule has 1 aliphatic rings. The predicted molar refractivity (Wildman–Crippen MR) is 83.9 cm³/mol. The molecule has 1 aromatic heterocycles. The molecule has 0 radical (unpaired) electrons. The van der Waals surface area contributed by atoms with Crippen LogP contribution >= 0.6 is 0 Å². The fraction of sp³-hybridized carbons (Fsp3) is 0.333. The van der Waals surface area contributed by atoms with Crippen LogP contribution in [0.3, 0.4) is 0 Å². The third-order valence-electron chi connectivity index (χ3n) is 3.98. The number of benzene rings is 1. The highest BCUT2D eigenvalue weighted by Gasteiger charge is 2.34. The quantitative estimate of drug-likeness (QED) is 0.886. The minimum absolute atomic E-state index is 0.0982. The molecule has 2 heterocycles. The van der Waals surface area contributed by atoms with Crippen molar-refractivity contribution in [2.24, 2.45) is 0 Å². The minimum atomic E-state index is -3.86. The molecule has 24 heavy (non-hydrogen) atoms. The van der Waals surface area contributed by atoms with E-state index in [-0.39, 0.29) is 30.3 Å². The monoisotopic (exact) mass is 352 g/mol. The molecule has 2 aromatic rings. The van der Waals surface area contributed by atoms with E-state index in [1.807, 2.05) is 0 Å². The molecule has 0 saturated carbocycles. The Morgan fingerprint density at radius 1 is 1.42 bits per heavy atom. The molecule has 9 heteroatoms. The van der Waals surface area contributed by atoms with Gasteiger partial charge in [0.15, 0.2) is 0 Å². The number of nitrogens with zero attached hydrogens (tertiary/aromatic N) is 3. The number of carbonyl (C=O) groups is 1. The van der Waals surface area contributed by atoms with E-state index in [1.165, 1.54) is 29.6 Å². The summed E-state index contributed by atoms with van der Waals surface area (Å²) in [5, 5.41) is 6.71. The van der Waals surface area contributed by atoms with Crippen LogP contribution in [0.2, 0.25) is 0 Å². The van der Waals surface area contributed by atoms with Crippen LogP contribution in [0.5, 0.6) is 0 Å². The second-order valence-electron chi connectivity index (χ2n) is 5.55. The molecule has 1 atom stereocenters. The van der Waals surface area contributed by atoms with Gasteiger partial charge in [-0.2, -0.15) is 9.40 Å². The normalized spacial score (nSPS) is 18.2. The first kappa shape index (κ1) is 16.6. The summed E-state index contributed by atoms with van der Waals surface area (Å²) in [5.41, 5.74) is 0.690. The van der Waals surface area contributed by atoms with Gasteiger partial charge in [0, 0.05) is 19.8 Å². The van der Waals surface area contributed by atoms with E-state index in [0.29, 0.717) is 5.69 Å². The zero-order valence-electron chi connectivity index (χ0n) is 13.0.